The number of allylic oxidation sites excluding steroid dienone is 3. The lowest BCUT2D eigenvalue weighted by molar-refractivity contribution is 0.104. The van der Waals surface area contributed by atoms with Crippen LogP contribution < -0.4 is 0 Å². The van der Waals surface area contributed by atoms with E-state index < -0.39 is 0 Å². The number of thioether (sulfide) groups is 1. The highest BCUT2D eigenvalue weighted by atomic mass is 32.2. The van der Waals surface area contributed by atoms with Crippen molar-refractivity contribution in [1.29, 1.82) is 0 Å². The Morgan fingerprint density at radius 3 is 2.52 bits per heavy atom. The summed E-state index contributed by atoms with van der Waals surface area (Å²) in [6.45, 7) is 4.22. The summed E-state index contributed by atoms with van der Waals surface area (Å²) in [5.41, 5.74) is 4.60. The van der Waals surface area contributed by atoms with Crippen LogP contribution in [0.15, 0.2) is 71.2 Å². The summed E-state index contributed by atoms with van der Waals surface area (Å²) >= 11 is 1.69. The van der Waals surface area contributed by atoms with Gasteiger partial charge in [0.2, 0.25) is 0 Å². The van der Waals surface area contributed by atoms with Crippen molar-refractivity contribution in [2.75, 3.05) is 0 Å². The number of hydrogen-bond donors (Lipinski definition) is 0. The first-order valence-electron chi connectivity index (χ1n) is 7.88. The third kappa shape index (κ3) is 3.48. The van der Waals surface area contributed by atoms with Crippen molar-refractivity contribution in [3.63, 3.8) is 0 Å². The van der Waals surface area contributed by atoms with Crippen LogP contribution in [0.25, 0.3) is 6.08 Å². The lowest BCUT2D eigenvalue weighted by Gasteiger charge is -2.25. The lowest BCUT2D eigenvalue weighted by Crippen LogP contribution is -2.09. The summed E-state index contributed by atoms with van der Waals surface area (Å²) in [5.74, 6) is 0.119. The summed E-state index contributed by atoms with van der Waals surface area (Å²) in [4.78, 5) is 13.6. The smallest absolute Gasteiger partial charge is 0.199 e. The fraction of sp³-hybridized carbons (Fsp3) is 0.190. The van der Waals surface area contributed by atoms with Gasteiger partial charge in [-0.3, -0.25) is 4.79 Å². The van der Waals surface area contributed by atoms with Gasteiger partial charge in [0, 0.05) is 10.8 Å². The van der Waals surface area contributed by atoms with Gasteiger partial charge in [-0.1, -0.05) is 66.2 Å². The molecule has 0 radical (unpaired) electrons. The highest BCUT2D eigenvalue weighted by molar-refractivity contribution is 8.04. The van der Waals surface area contributed by atoms with Crippen molar-refractivity contribution in [2.24, 2.45) is 0 Å². The van der Waals surface area contributed by atoms with Gasteiger partial charge in [0.1, 0.15) is 0 Å². The minimum Gasteiger partial charge on any atom is -0.288 e. The van der Waals surface area contributed by atoms with E-state index >= 15 is 0 Å². The van der Waals surface area contributed by atoms with E-state index in [4.69, 9.17) is 0 Å². The molecule has 0 saturated heterocycles. The summed E-state index contributed by atoms with van der Waals surface area (Å²) < 4.78 is 0. The predicted octanol–water partition coefficient (Wildman–Crippen LogP) is 6.05. The number of hydrogen-bond acceptors (Lipinski definition) is 2. The Balaban J connectivity index is 1.97. The van der Waals surface area contributed by atoms with Crippen LogP contribution >= 0.6 is 11.8 Å². The van der Waals surface area contributed by atoms with E-state index in [1.165, 1.54) is 16.7 Å². The standard InChI is InChI=1S/C21H20OS/c1-3-15(2)13-19-18-12-8-7-11-17(18)14-20(23-19)21(22)16-9-5-4-6-10-16/h3-12,14,19H,13H2,1-2H3/b15-3+. The third-order valence-electron chi connectivity index (χ3n) is 4.16. The minimum atomic E-state index is 0.119. The van der Waals surface area contributed by atoms with Crippen LogP contribution in [0.4, 0.5) is 0 Å². The summed E-state index contributed by atoms with van der Waals surface area (Å²) in [6, 6.07) is 17.9. The second-order valence-electron chi connectivity index (χ2n) is 5.78. The van der Waals surface area contributed by atoms with Crippen LogP contribution in [0.5, 0.6) is 0 Å². The van der Waals surface area contributed by atoms with Gasteiger partial charge in [-0.2, -0.15) is 0 Å². The fourth-order valence-electron chi connectivity index (χ4n) is 2.74. The van der Waals surface area contributed by atoms with Crippen LogP contribution in [-0.2, 0) is 0 Å². The molecule has 0 saturated carbocycles. The highest BCUT2D eigenvalue weighted by Crippen LogP contribution is 2.46. The Morgan fingerprint density at radius 1 is 1.09 bits per heavy atom. The largest absolute Gasteiger partial charge is 0.288 e. The van der Waals surface area contributed by atoms with Crippen LogP contribution in [-0.4, -0.2) is 5.78 Å². The Morgan fingerprint density at radius 2 is 1.78 bits per heavy atom. The summed E-state index contributed by atoms with van der Waals surface area (Å²) in [5, 5.41) is 0.301. The first-order valence-corrected chi connectivity index (χ1v) is 8.76. The normalized spacial score (nSPS) is 17.4. The van der Waals surface area contributed by atoms with E-state index in [1.807, 2.05) is 42.5 Å². The molecule has 3 rings (SSSR count). The van der Waals surface area contributed by atoms with Crippen molar-refractivity contribution in [3.05, 3.63) is 87.8 Å². The van der Waals surface area contributed by atoms with Crippen LogP contribution in [0.3, 0.4) is 0 Å². The molecule has 1 unspecified atom stereocenters. The van der Waals surface area contributed by atoms with E-state index in [2.05, 4.69) is 38.1 Å². The number of ketones is 1. The molecular weight excluding hydrogens is 300 g/mol. The fourth-order valence-corrected chi connectivity index (χ4v) is 4.15. The molecule has 23 heavy (non-hydrogen) atoms. The first-order chi connectivity index (χ1) is 11.2. The molecule has 0 aliphatic carbocycles. The maximum Gasteiger partial charge on any atom is 0.199 e. The second kappa shape index (κ2) is 7.01. The number of Topliss-reactive ketones (excluding diaryl/α,β-unsaturated/α-hetero) is 1. The number of carbonyl (C=O) groups excluding carboxylic acids is 1. The Kier molecular flexibility index (Phi) is 4.82. The lowest BCUT2D eigenvalue weighted by atomic mass is 9.98. The molecule has 0 spiro atoms. The molecule has 1 atom stereocenters. The topological polar surface area (TPSA) is 17.1 Å². The van der Waals surface area contributed by atoms with Crippen LogP contribution in [0.2, 0.25) is 0 Å². The van der Waals surface area contributed by atoms with E-state index in [9.17, 15) is 4.79 Å². The quantitative estimate of drug-likeness (QED) is 0.503. The molecule has 1 heterocycles. The summed E-state index contributed by atoms with van der Waals surface area (Å²) in [7, 11) is 0. The number of rotatable bonds is 4. The van der Waals surface area contributed by atoms with E-state index in [-0.39, 0.29) is 5.78 Å². The van der Waals surface area contributed by atoms with Crippen LogP contribution in [0.1, 0.15) is 47.0 Å². The SMILES string of the molecule is C/C=C(\C)CC1SC(C(=O)c2ccccc2)=Cc2ccccc21. The minimum absolute atomic E-state index is 0.119. The van der Waals surface area contributed by atoms with Crippen molar-refractivity contribution in [2.45, 2.75) is 25.5 Å². The monoisotopic (exact) mass is 320 g/mol. The molecule has 2 aromatic carbocycles. The zero-order valence-corrected chi connectivity index (χ0v) is 14.3. The number of fused-ring (bicyclic) bond motifs is 1. The van der Waals surface area contributed by atoms with Crippen molar-refractivity contribution >= 4 is 23.6 Å². The second-order valence-corrected chi connectivity index (χ2v) is 7.02. The highest BCUT2D eigenvalue weighted by Gasteiger charge is 2.25. The van der Waals surface area contributed by atoms with Gasteiger partial charge >= 0.3 is 0 Å². The van der Waals surface area contributed by atoms with Gasteiger partial charge in [0.05, 0.1) is 4.91 Å². The molecule has 2 heteroatoms. The first kappa shape index (κ1) is 15.8. The molecule has 1 nitrogen and oxygen atoms in total. The van der Waals surface area contributed by atoms with Crippen molar-refractivity contribution in [3.8, 4) is 0 Å². The number of carbonyl (C=O) groups is 1. The van der Waals surface area contributed by atoms with Crippen LogP contribution in [0, 0.1) is 0 Å². The van der Waals surface area contributed by atoms with E-state index in [0.717, 1.165) is 16.9 Å². The Hall–Kier alpha value is -2.06. The maximum atomic E-state index is 12.8. The predicted molar refractivity (Wildman–Crippen MR) is 99.6 cm³/mol. The van der Waals surface area contributed by atoms with Gasteiger partial charge in [0.15, 0.2) is 5.78 Å². The Bertz CT molecular complexity index is 771. The van der Waals surface area contributed by atoms with E-state index in [1.54, 1.807) is 11.8 Å². The molecule has 0 fully saturated rings. The molecule has 2 aromatic rings. The zero-order valence-electron chi connectivity index (χ0n) is 13.5. The van der Waals surface area contributed by atoms with Crippen molar-refractivity contribution in [1.82, 2.24) is 0 Å². The molecule has 0 amide bonds. The average molecular weight is 320 g/mol. The maximum absolute atomic E-state index is 12.8. The molecule has 0 bridgehead atoms. The molecule has 1 aliphatic rings. The Labute approximate surface area is 142 Å². The van der Waals surface area contributed by atoms with E-state index in [0.29, 0.717) is 5.25 Å². The van der Waals surface area contributed by atoms with Gasteiger partial charge in [-0.05, 0) is 37.5 Å². The average Bonchev–Trinajstić information content (AvgIpc) is 2.61. The molecular formula is C21H20OS. The molecule has 116 valence electrons. The zero-order chi connectivity index (χ0) is 16.2. The van der Waals surface area contributed by atoms with Gasteiger partial charge < -0.3 is 0 Å². The summed E-state index contributed by atoms with van der Waals surface area (Å²) in [6.07, 6.45) is 5.16. The third-order valence-corrected chi connectivity index (χ3v) is 5.42. The van der Waals surface area contributed by atoms with Crippen molar-refractivity contribution < 1.29 is 4.79 Å². The van der Waals surface area contributed by atoms with Gasteiger partial charge in [-0.25, -0.2) is 0 Å². The molecule has 0 N–H and O–H groups in total. The molecule has 0 aromatic heterocycles. The van der Waals surface area contributed by atoms with Gasteiger partial charge in [0.25, 0.3) is 0 Å². The molecule has 1 aliphatic heterocycles. The number of benzene rings is 2. The van der Waals surface area contributed by atoms with Gasteiger partial charge in [-0.15, -0.1) is 11.8 Å².